The van der Waals surface area contributed by atoms with Crippen molar-refractivity contribution in [3.63, 3.8) is 0 Å². The Kier molecular flexibility index (Phi) is 8.14. The minimum atomic E-state index is -2.34. The summed E-state index contributed by atoms with van der Waals surface area (Å²) in [6, 6.07) is 42.7. The van der Waals surface area contributed by atoms with Crippen LogP contribution < -0.4 is 25.5 Å². The third-order valence-corrected chi connectivity index (χ3v) is 20.3. The fraction of sp³-hybridized carbons (Fsp3) is 0.406. The van der Waals surface area contributed by atoms with Crippen LogP contribution >= 0.6 is 11.3 Å². The molecule has 4 heteroatoms. The Balaban J connectivity index is 1.07. The molecule has 2 bridgehead atoms. The van der Waals surface area contributed by atoms with E-state index in [1.165, 1.54) is 134 Å². The summed E-state index contributed by atoms with van der Waals surface area (Å²) in [7, 11) is 0. The van der Waals surface area contributed by atoms with Gasteiger partial charge in [-0.25, -0.2) is 0 Å². The lowest BCUT2D eigenvalue weighted by atomic mass is 9.36. The second kappa shape index (κ2) is 14.3. The summed E-state index contributed by atoms with van der Waals surface area (Å²) in [5.74, 6) is 1.86. The van der Waals surface area contributed by atoms with Gasteiger partial charge in [0, 0.05) is 52.8 Å². The van der Waals surface area contributed by atoms with Gasteiger partial charge in [-0.1, -0.05) is 122 Å². The predicted octanol–water partition coefficient (Wildman–Crippen LogP) is 16.1. The van der Waals surface area contributed by atoms with E-state index in [9.17, 15) is 4.11 Å². The van der Waals surface area contributed by atoms with Crippen LogP contribution in [0.25, 0.3) is 21.2 Å². The van der Waals surface area contributed by atoms with Gasteiger partial charge in [-0.2, -0.15) is 0 Å². The number of hydrogen-bond donors (Lipinski definition) is 0. The molecule has 3 fully saturated rings. The predicted molar refractivity (Wildman–Crippen MR) is 292 cm³/mol. The van der Waals surface area contributed by atoms with Crippen LogP contribution in [-0.2, 0) is 21.7 Å². The van der Waals surface area contributed by atoms with Gasteiger partial charge in [-0.05, 0) is 208 Å². The molecular formula is C64H67BN2S. The quantitative estimate of drug-likeness (QED) is 0.163. The summed E-state index contributed by atoms with van der Waals surface area (Å²) in [5.41, 5.74) is 20.9. The molecule has 2 aliphatic heterocycles. The maximum atomic E-state index is 9.24. The Morgan fingerprint density at radius 1 is 0.618 bits per heavy atom. The first-order valence-corrected chi connectivity index (χ1v) is 27.1. The van der Waals surface area contributed by atoms with Gasteiger partial charge < -0.3 is 9.80 Å². The van der Waals surface area contributed by atoms with Crippen molar-refractivity contribution in [3.8, 4) is 11.1 Å². The number of thiophene rings is 1. The molecule has 2 nitrogen and oxygen atoms in total. The molecule has 1 aromatic heterocycles. The van der Waals surface area contributed by atoms with E-state index in [2.05, 4.69) is 167 Å². The normalized spacial score (nSPS) is 24.5. The van der Waals surface area contributed by atoms with Crippen LogP contribution in [0.3, 0.4) is 0 Å². The highest BCUT2D eigenvalue weighted by Gasteiger charge is 2.60. The molecule has 342 valence electrons. The molecule has 0 atom stereocenters. The average Bonchev–Trinajstić information content (AvgIpc) is 4.11. The van der Waals surface area contributed by atoms with Crippen molar-refractivity contribution in [1.82, 2.24) is 0 Å². The minimum Gasteiger partial charge on any atom is -0.311 e. The van der Waals surface area contributed by atoms with Crippen molar-refractivity contribution >= 4 is 78.0 Å². The fourth-order valence-electron chi connectivity index (χ4n) is 15.6. The van der Waals surface area contributed by atoms with E-state index >= 15 is 0 Å². The lowest BCUT2D eigenvalue weighted by Crippen LogP contribution is -2.60. The summed E-state index contributed by atoms with van der Waals surface area (Å²) < 4.78 is 30.4. The first-order valence-electron chi connectivity index (χ1n) is 27.8. The van der Waals surface area contributed by atoms with E-state index < -0.39 is 6.85 Å². The summed E-state index contributed by atoms with van der Waals surface area (Å²) in [5, 5.41) is 1.28. The number of anilines is 6. The molecule has 14 rings (SSSR count). The Morgan fingerprint density at radius 3 is 1.99 bits per heavy atom. The van der Waals surface area contributed by atoms with Gasteiger partial charge in [0.05, 0.1) is 5.69 Å². The highest BCUT2D eigenvalue weighted by molar-refractivity contribution is 7.33. The summed E-state index contributed by atoms with van der Waals surface area (Å²) in [6.07, 6.45) is 13.9. The monoisotopic (exact) mass is 910 g/mol. The number of fused-ring (bicyclic) bond motifs is 10. The Bertz CT molecular complexity index is 3360. The Labute approximate surface area is 414 Å². The van der Waals surface area contributed by atoms with Crippen molar-refractivity contribution < 1.29 is 4.11 Å². The third kappa shape index (κ3) is 5.65. The maximum Gasteiger partial charge on any atom is 0.264 e. The average molecular weight is 910 g/mol. The van der Waals surface area contributed by atoms with E-state index in [4.69, 9.17) is 0 Å². The van der Waals surface area contributed by atoms with Crippen molar-refractivity contribution in [2.45, 2.75) is 154 Å². The van der Waals surface area contributed by atoms with Gasteiger partial charge in [0.15, 0.2) is 0 Å². The zero-order valence-corrected chi connectivity index (χ0v) is 42.1. The van der Waals surface area contributed by atoms with Crippen LogP contribution in [0.15, 0.2) is 109 Å². The van der Waals surface area contributed by atoms with Gasteiger partial charge >= 0.3 is 0 Å². The zero-order chi connectivity index (χ0) is 48.7. The number of aryl methyl sites for hydroxylation is 1. The molecule has 0 radical (unpaired) electrons. The second-order valence-electron chi connectivity index (χ2n) is 24.7. The lowest BCUT2D eigenvalue weighted by molar-refractivity contribution is 0.332. The van der Waals surface area contributed by atoms with Crippen LogP contribution in [0, 0.1) is 18.7 Å². The molecule has 1 spiro atoms. The second-order valence-corrected chi connectivity index (χ2v) is 25.7. The van der Waals surface area contributed by atoms with Crippen molar-refractivity contribution in [3.05, 3.63) is 148 Å². The van der Waals surface area contributed by atoms with E-state index in [0.717, 1.165) is 41.3 Å². The van der Waals surface area contributed by atoms with E-state index in [0.29, 0.717) is 23.3 Å². The molecule has 3 heterocycles. The maximum absolute atomic E-state index is 9.24. The van der Waals surface area contributed by atoms with Crippen molar-refractivity contribution in [1.29, 1.82) is 0 Å². The van der Waals surface area contributed by atoms with Crippen LogP contribution in [0.4, 0.5) is 34.1 Å². The molecule has 6 aromatic carbocycles. The largest absolute Gasteiger partial charge is 0.311 e. The lowest BCUT2D eigenvalue weighted by Gasteiger charge is -2.44. The SMILES string of the molecule is [2H]C([2H])([2H])c1cc2c3c(c1)N(c1ccc(C4CCCCC4)cc1)c1c(sc4cc5c(cc14)C(C)(C)CCC5(C)C)B3c1ccc(C(C)(C)C)cc1N2c1ccc2c(c1)C1(c3ccccc3-2)C2CCC1CC2. The standard InChI is InChI=1S/C64H67BN2S/c1-38-32-55-58-56(33-38)67(44-25-18-40(19-26-44)39-14-10-9-11-15-39)59-48-36-51-52(63(7,8)31-30-62(51,5)6)37-57(48)68-60(59)65(58)53-29-24-43(61(2,3)4)34-54(53)66(55)45-27-28-47-46-16-12-13-17-49(46)64(50(47)35-45)41-20-21-42(64)23-22-41/h12-13,16-19,24-29,32-37,39,41-42H,9-11,14-15,20-23,30-31H2,1-8H3/i1D3. The summed E-state index contributed by atoms with van der Waals surface area (Å²) in [4.78, 5) is 5.02. The fourth-order valence-corrected chi connectivity index (χ4v) is 16.9. The summed E-state index contributed by atoms with van der Waals surface area (Å²) >= 11 is 1.97. The Hall–Kier alpha value is -5.06. The Morgan fingerprint density at radius 2 is 1.28 bits per heavy atom. The minimum absolute atomic E-state index is 0.0190. The first kappa shape index (κ1) is 38.8. The molecule has 7 aromatic rings. The zero-order valence-electron chi connectivity index (χ0n) is 44.3. The van der Waals surface area contributed by atoms with Crippen LogP contribution in [0.2, 0.25) is 0 Å². The molecule has 0 N–H and O–H groups in total. The number of nitrogens with zero attached hydrogens (tertiary/aromatic N) is 2. The van der Waals surface area contributed by atoms with E-state index in [1.807, 2.05) is 11.3 Å². The molecule has 0 saturated heterocycles. The van der Waals surface area contributed by atoms with Crippen LogP contribution in [-0.4, -0.2) is 6.71 Å². The molecule has 0 amide bonds. The van der Waals surface area contributed by atoms with Gasteiger partial charge in [0.2, 0.25) is 0 Å². The molecular weight excluding hydrogens is 840 g/mol. The number of benzene rings is 6. The molecule has 0 unspecified atom stereocenters. The van der Waals surface area contributed by atoms with Gasteiger partial charge in [-0.15, -0.1) is 11.3 Å². The van der Waals surface area contributed by atoms with E-state index in [1.54, 1.807) is 0 Å². The molecule has 5 aliphatic carbocycles. The molecule has 68 heavy (non-hydrogen) atoms. The molecule has 7 aliphatic rings. The van der Waals surface area contributed by atoms with Gasteiger partial charge in [0.25, 0.3) is 6.71 Å². The van der Waals surface area contributed by atoms with E-state index in [-0.39, 0.29) is 28.4 Å². The highest BCUT2D eigenvalue weighted by Crippen LogP contribution is 2.68. The number of rotatable bonds is 3. The van der Waals surface area contributed by atoms with Crippen molar-refractivity contribution in [2.75, 3.05) is 9.80 Å². The number of hydrogen-bond acceptors (Lipinski definition) is 3. The van der Waals surface area contributed by atoms with Crippen LogP contribution in [0.1, 0.15) is 168 Å². The molecule has 3 saturated carbocycles. The van der Waals surface area contributed by atoms with Gasteiger partial charge in [-0.3, -0.25) is 0 Å². The topological polar surface area (TPSA) is 6.48 Å². The highest BCUT2D eigenvalue weighted by atomic mass is 32.1. The smallest absolute Gasteiger partial charge is 0.264 e. The summed E-state index contributed by atoms with van der Waals surface area (Å²) in [6.45, 7) is 14.3. The third-order valence-electron chi connectivity index (χ3n) is 19.1. The first-order chi connectivity index (χ1) is 33.9. The van der Waals surface area contributed by atoms with Crippen molar-refractivity contribution in [2.24, 2.45) is 11.8 Å². The van der Waals surface area contributed by atoms with Crippen LogP contribution in [0.5, 0.6) is 0 Å². The van der Waals surface area contributed by atoms with Gasteiger partial charge in [0.1, 0.15) is 0 Å².